The Kier molecular flexibility index (Phi) is 7.99. The van der Waals surface area contributed by atoms with Crippen LogP contribution in [-0.2, 0) is 16.1 Å². The molecule has 3 aromatic carbocycles. The molecule has 0 radical (unpaired) electrons. The summed E-state index contributed by atoms with van der Waals surface area (Å²) in [6, 6.07) is 29.3. The highest BCUT2D eigenvalue weighted by Gasteiger charge is 2.36. The molecule has 31 heavy (non-hydrogen) atoms. The minimum absolute atomic E-state index is 0.0480. The second-order valence-corrected chi connectivity index (χ2v) is 8.03. The lowest BCUT2D eigenvalue weighted by Gasteiger charge is -2.39. The Labute approximate surface area is 185 Å². The van der Waals surface area contributed by atoms with Crippen LogP contribution in [0.4, 0.5) is 0 Å². The summed E-state index contributed by atoms with van der Waals surface area (Å²) in [6.07, 6.45) is -1.62. The second-order valence-electron chi connectivity index (χ2n) is 8.03. The zero-order valence-electron chi connectivity index (χ0n) is 18.4. The van der Waals surface area contributed by atoms with Crippen molar-refractivity contribution in [1.82, 2.24) is 4.90 Å². The van der Waals surface area contributed by atoms with Crippen LogP contribution in [0, 0.1) is 0 Å². The van der Waals surface area contributed by atoms with Crippen molar-refractivity contribution < 1.29 is 14.6 Å². The van der Waals surface area contributed by atoms with Crippen molar-refractivity contribution in [2.75, 3.05) is 0 Å². The van der Waals surface area contributed by atoms with Gasteiger partial charge in [-0.3, -0.25) is 4.90 Å². The van der Waals surface area contributed by atoms with Crippen molar-refractivity contribution >= 4 is 5.97 Å². The molecule has 0 spiro atoms. The second kappa shape index (κ2) is 10.9. The summed E-state index contributed by atoms with van der Waals surface area (Å²) in [7, 11) is 0. The number of hydrogen-bond acceptors (Lipinski definition) is 4. The summed E-state index contributed by atoms with van der Waals surface area (Å²) in [4.78, 5) is 15.0. The molecule has 0 saturated heterocycles. The number of ether oxygens (including phenoxy) is 1. The molecule has 0 unspecified atom stereocenters. The zero-order chi connectivity index (χ0) is 22.2. The Morgan fingerprint density at radius 1 is 0.806 bits per heavy atom. The van der Waals surface area contributed by atoms with Crippen LogP contribution in [0.15, 0.2) is 91.0 Å². The van der Waals surface area contributed by atoms with E-state index in [4.69, 9.17) is 4.74 Å². The van der Waals surface area contributed by atoms with Crippen LogP contribution in [0.2, 0.25) is 0 Å². The number of aliphatic hydroxyl groups excluding tert-OH is 1. The maximum Gasteiger partial charge on any atom is 0.337 e. The highest BCUT2D eigenvalue weighted by atomic mass is 16.6. The van der Waals surface area contributed by atoms with Gasteiger partial charge < -0.3 is 9.84 Å². The molecule has 0 amide bonds. The van der Waals surface area contributed by atoms with Gasteiger partial charge in [-0.1, -0.05) is 91.0 Å². The number of hydrogen-bond donors (Lipinski definition) is 1. The van der Waals surface area contributed by atoms with Crippen LogP contribution in [0.25, 0.3) is 0 Å². The number of rotatable bonds is 9. The quantitative estimate of drug-likeness (QED) is 0.480. The van der Waals surface area contributed by atoms with Crippen molar-refractivity contribution in [2.45, 2.75) is 51.6 Å². The average Bonchev–Trinajstić information content (AvgIpc) is 2.79. The van der Waals surface area contributed by atoms with Gasteiger partial charge in [-0.2, -0.15) is 0 Å². The van der Waals surface area contributed by atoms with Gasteiger partial charge in [0, 0.05) is 12.6 Å². The van der Waals surface area contributed by atoms with E-state index in [1.165, 1.54) is 0 Å². The van der Waals surface area contributed by atoms with E-state index >= 15 is 0 Å². The first-order chi connectivity index (χ1) is 15.0. The number of aliphatic hydroxyl groups is 1. The third kappa shape index (κ3) is 6.03. The van der Waals surface area contributed by atoms with Crippen LogP contribution < -0.4 is 0 Å². The van der Waals surface area contributed by atoms with E-state index in [1.807, 2.05) is 66.7 Å². The smallest absolute Gasteiger partial charge is 0.337 e. The van der Waals surface area contributed by atoms with Crippen LogP contribution >= 0.6 is 0 Å². The first kappa shape index (κ1) is 22.7. The van der Waals surface area contributed by atoms with Crippen molar-refractivity contribution in [3.05, 3.63) is 108 Å². The summed E-state index contributed by atoms with van der Waals surface area (Å²) < 4.78 is 5.38. The van der Waals surface area contributed by atoms with Crippen molar-refractivity contribution in [1.29, 1.82) is 0 Å². The molecule has 0 bridgehead atoms. The Hall–Kier alpha value is -2.95. The van der Waals surface area contributed by atoms with Gasteiger partial charge in [-0.05, 0) is 37.5 Å². The molecule has 0 aliphatic carbocycles. The lowest BCUT2D eigenvalue weighted by atomic mass is 9.95. The third-order valence-corrected chi connectivity index (χ3v) is 5.38. The fourth-order valence-corrected chi connectivity index (χ4v) is 3.83. The maximum absolute atomic E-state index is 12.8. The molecule has 3 atom stereocenters. The van der Waals surface area contributed by atoms with E-state index in [1.54, 1.807) is 13.8 Å². The molecule has 0 heterocycles. The summed E-state index contributed by atoms with van der Waals surface area (Å²) in [5.74, 6) is -0.609. The molecule has 0 aromatic heterocycles. The van der Waals surface area contributed by atoms with Gasteiger partial charge in [-0.25, -0.2) is 4.79 Å². The van der Waals surface area contributed by atoms with E-state index in [0.29, 0.717) is 6.54 Å². The van der Waals surface area contributed by atoms with Gasteiger partial charge in [-0.15, -0.1) is 0 Å². The molecular formula is C27H31NO3. The van der Waals surface area contributed by atoms with E-state index < -0.39 is 18.1 Å². The van der Waals surface area contributed by atoms with Crippen molar-refractivity contribution in [3.8, 4) is 0 Å². The fraction of sp³-hybridized carbons (Fsp3) is 0.296. The van der Waals surface area contributed by atoms with E-state index in [-0.39, 0.29) is 12.1 Å². The number of nitrogens with zero attached hydrogens (tertiary/aromatic N) is 1. The normalized spacial score (nSPS) is 14.3. The third-order valence-electron chi connectivity index (χ3n) is 5.38. The van der Waals surface area contributed by atoms with Crippen LogP contribution in [0.3, 0.4) is 0 Å². The molecule has 162 valence electrons. The molecule has 0 aliphatic rings. The van der Waals surface area contributed by atoms with Crippen molar-refractivity contribution in [2.24, 2.45) is 0 Å². The minimum Gasteiger partial charge on any atom is -0.461 e. The van der Waals surface area contributed by atoms with Crippen LogP contribution in [0.1, 0.15) is 49.5 Å². The lowest BCUT2D eigenvalue weighted by molar-refractivity contribution is -0.162. The SMILES string of the molecule is CC(C)OC(=O)[C@H](O)[C@@H](c1ccccc1)N(Cc1ccccc1)[C@H](C)c1ccccc1. The number of esters is 1. The number of carbonyl (C=O) groups is 1. The van der Waals surface area contributed by atoms with Crippen molar-refractivity contribution in [3.63, 3.8) is 0 Å². The standard InChI is InChI=1S/C27H31NO3/c1-20(2)31-27(30)26(29)25(24-17-11-6-12-18-24)28(19-22-13-7-4-8-14-22)21(3)23-15-9-5-10-16-23/h4-18,20-21,25-26,29H,19H2,1-3H3/t21-,25-,26-/m1/s1. The van der Waals surface area contributed by atoms with Gasteiger partial charge in [0.25, 0.3) is 0 Å². The van der Waals surface area contributed by atoms with E-state index in [9.17, 15) is 9.90 Å². The highest BCUT2D eigenvalue weighted by Crippen LogP contribution is 2.35. The largest absolute Gasteiger partial charge is 0.461 e. The van der Waals surface area contributed by atoms with Gasteiger partial charge in [0.15, 0.2) is 6.10 Å². The molecule has 0 aliphatic heterocycles. The van der Waals surface area contributed by atoms with Gasteiger partial charge in [0.05, 0.1) is 12.1 Å². The molecule has 4 heteroatoms. The highest BCUT2D eigenvalue weighted by molar-refractivity contribution is 5.75. The predicted molar refractivity (Wildman–Crippen MR) is 123 cm³/mol. The summed E-state index contributed by atoms with van der Waals surface area (Å²) in [5, 5.41) is 11.2. The Morgan fingerprint density at radius 2 is 1.29 bits per heavy atom. The number of carbonyl (C=O) groups excluding carboxylic acids is 1. The first-order valence-corrected chi connectivity index (χ1v) is 10.8. The summed E-state index contributed by atoms with van der Waals surface area (Å²) in [5.41, 5.74) is 3.09. The average molecular weight is 418 g/mol. The minimum atomic E-state index is -1.32. The number of benzene rings is 3. The first-order valence-electron chi connectivity index (χ1n) is 10.8. The van der Waals surface area contributed by atoms with Crippen LogP contribution in [-0.4, -0.2) is 28.2 Å². The Balaban J connectivity index is 2.06. The predicted octanol–water partition coefficient (Wildman–Crippen LogP) is 5.30. The van der Waals surface area contributed by atoms with Gasteiger partial charge in [0.2, 0.25) is 0 Å². The monoisotopic (exact) mass is 417 g/mol. The molecule has 0 saturated carbocycles. The summed E-state index contributed by atoms with van der Waals surface area (Å²) >= 11 is 0. The summed E-state index contributed by atoms with van der Waals surface area (Å²) in [6.45, 7) is 6.25. The van der Waals surface area contributed by atoms with Crippen LogP contribution in [0.5, 0.6) is 0 Å². The zero-order valence-corrected chi connectivity index (χ0v) is 18.4. The van der Waals surface area contributed by atoms with E-state index in [2.05, 4.69) is 36.1 Å². The molecule has 3 aromatic rings. The molecular weight excluding hydrogens is 386 g/mol. The molecule has 0 fully saturated rings. The maximum atomic E-state index is 12.8. The van der Waals surface area contributed by atoms with E-state index in [0.717, 1.165) is 16.7 Å². The molecule has 3 rings (SSSR count). The molecule has 4 nitrogen and oxygen atoms in total. The fourth-order valence-electron chi connectivity index (χ4n) is 3.83. The van der Waals surface area contributed by atoms with Gasteiger partial charge in [0.1, 0.15) is 0 Å². The Bertz CT molecular complexity index is 928. The topological polar surface area (TPSA) is 49.8 Å². The molecule has 1 N–H and O–H groups in total. The Morgan fingerprint density at radius 3 is 1.81 bits per heavy atom. The van der Waals surface area contributed by atoms with Gasteiger partial charge >= 0.3 is 5.97 Å². The lowest BCUT2D eigenvalue weighted by Crippen LogP contribution is -2.42.